The van der Waals surface area contributed by atoms with Crippen LogP contribution in [0.2, 0.25) is 0 Å². The van der Waals surface area contributed by atoms with Crippen LogP contribution in [0.4, 0.5) is 11.8 Å². The number of fused-ring (bicyclic) bond motifs is 1. The molecule has 0 amide bonds. The van der Waals surface area contributed by atoms with Crippen LogP contribution in [-0.2, 0) is 0 Å². The lowest BCUT2D eigenvalue weighted by atomic mass is 9.78. The standard InChI is InChI=1S/C16H22N4/c1-3-16(2)8-10-20(11-9-16)14-12-6-4-5-7-13(12)18-15(17)19-14/h4-7H,3,8-11H2,1-2H3,(H2,17,18,19). The summed E-state index contributed by atoms with van der Waals surface area (Å²) in [7, 11) is 0. The van der Waals surface area contributed by atoms with Crippen LogP contribution in [0.5, 0.6) is 0 Å². The summed E-state index contributed by atoms with van der Waals surface area (Å²) in [4.78, 5) is 11.2. The van der Waals surface area contributed by atoms with E-state index in [9.17, 15) is 0 Å². The highest BCUT2D eigenvalue weighted by Gasteiger charge is 2.29. The summed E-state index contributed by atoms with van der Waals surface area (Å²) in [5.41, 5.74) is 7.27. The molecule has 1 aromatic heterocycles. The molecule has 20 heavy (non-hydrogen) atoms. The third kappa shape index (κ3) is 2.30. The number of piperidine rings is 1. The number of benzene rings is 1. The van der Waals surface area contributed by atoms with E-state index in [1.54, 1.807) is 0 Å². The molecule has 0 aliphatic carbocycles. The molecule has 4 nitrogen and oxygen atoms in total. The highest BCUT2D eigenvalue weighted by atomic mass is 15.2. The summed E-state index contributed by atoms with van der Waals surface area (Å²) in [5.74, 6) is 1.36. The Labute approximate surface area is 120 Å². The van der Waals surface area contributed by atoms with Gasteiger partial charge in [0.15, 0.2) is 0 Å². The van der Waals surface area contributed by atoms with Gasteiger partial charge in [0.25, 0.3) is 0 Å². The van der Waals surface area contributed by atoms with Gasteiger partial charge in [-0.2, -0.15) is 4.98 Å². The zero-order chi connectivity index (χ0) is 14.2. The predicted molar refractivity (Wildman–Crippen MR) is 83.8 cm³/mol. The van der Waals surface area contributed by atoms with Crippen molar-refractivity contribution in [1.29, 1.82) is 0 Å². The quantitative estimate of drug-likeness (QED) is 0.910. The molecule has 0 saturated carbocycles. The molecular formula is C16H22N4. The summed E-state index contributed by atoms with van der Waals surface area (Å²) < 4.78 is 0. The first-order valence-corrected chi connectivity index (χ1v) is 7.38. The maximum absolute atomic E-state index is 5.86. The van der Waals surface area contributed by atoms with E-state index < -0.39 is 0 Å². The van der Waals surface area contributed by atoms with E-state index in [0.29, 0.717) is 11.4 Å². The number of nitrogens with zero attached hydrogens (tertiary/aromatic N) is 3. The smallest absolute Gasteiger partial charge is 0.222 e. The monoisotopic (exact) mass is 270 g/mol. The van der Waals surface area contributed by atoms with Crippen molar-refractivity contribution >= 4 is 22.7 Å². The molecule has 0 unspecified atom stereocenters. The molecule has 4 heteroatoms. The van der Waals surface area contributed by atoms with Crippen LogP contribution in [0.15, 0.2) is 24.3 Å². The topological polar surface area (TPSA) is 55.0 Å². The number of nitrogen functional groups attached to an aromatic ring is 1. The highest BCUT2D eigenvalue weighted by Crippen LogP contribution is 2.36. The summed E-state index contributed by atoms with van der Waals surface area (Å²) in [5, 5.41) is 1.10. The van der Waals surface area contributed by atoms with Crippen molar-refractivity contribution in [3.8, 4) is 0 Å². The second-order valence-corrected chi connectivity index (χ2v) is 6.07. The SMILES string of the molecule is CCC1(C)CCN(c2nc(N)nc3ccccc23)CC1. The molecule has 1 fully saturated rings. The molecule has 1 aliphatic heterocycles. The Morgan fingerprint density at radius 2 is 1.90 bits per heavy atom. The Morgan fingerprint density at radius 3 is 2.60 bits per heavy atom. The molecule has 2 N–H and O–H groups in total. The maximum Gasteiger partial charge on any atom is 0.222 e. The van der Waals surface area contributed by atoms with Gasteiger partial charge < -0.3 is 10.6 Å². The van der Waals surface area contributed by atoms with Crippen molar-refractivity contribution < 1.29 is 0 Å². The fourth-order valence-electron chi connectivity index (χ4n) is 2.93. The number of anilines is 2. The lowest BCUT2D eigenvalue weighted by Crippen LogP contribution is -2.39. The highest BCUT2D eigenvalue weighted by molar-refractivity contribution is 5.90. The molecular weight excluding hydrogens is 248 g/mol. The summed E-state index contributed by atoms with van der Waals surface area (Å²) in [6.07, 6.45) is 3.66. The van der Waals surface area contributed by atoms with Gasteiger partial charge in [0.1, 0.15) is 5.82 Å². The minimum atomic E-state index is 0.363. The average molecular weight is 270 g/mol. The lowest BCUT2D eigenvalue weighted by molar-refractivity contribution is 0.238. The zero-order valence-corrected chi connectivity index (χ0v) is 12.3. The number of nitrogens with two attached hydrogens (primary N) is 1. The molecule has 2 heterocycles. The maximum atomic E-state index is 5.86. The minimum absolute atomic E-state index is 0.363. The van der Waals surface area contributed by atoms with Crippen LogP contribution in [0.25, 0.3) is 10.9 Å². The normalized spacial score (nSPS) is 18.4. The minimum Gasteiger partial charge on any atom is -0.368 e. The second-order valence-electron chi connectivity index (χ2n) is 6.07. The molecule has 3 rings (SSSR count). The molecule has 1 aromatic carbocycles. The Kier molecular flexibility index (Phi) is 3.24. The van der Waals surface area contributed by atoms with Gasteiger partial charge in [-0.05, 0) is 30.4 Å². The fourth-order valence-corrected chi connectivity index (χ4v) is 2.93. The number of para-hydroxylation sites is 1. The lowest BCUT2D eigenvalue weighted by Gasteiger charge is -2.39. The molecule has 0 spiro atoms. The van der Waals surface area contributed by atoms with E-state index in [1.165, 1.54) is 19.3 Å². The van der Waals surface area contributed by atoms with Crippen LogP contribution in [0, 0.1) is 5.41 Å². The van der Waals surface area contributed by atoms with Crippen molar-refractivity contribution in [2.45, 2.75) is 33.1 Å². The molecule has 2 aromatic rings. The number of hydrogen-bond acceptors (Lipinski definition) is 4. The Hall–Kier alpha value is -1.84. The van der Waals surface area contributed by atoms with Gasteiger partial charge in [-0.1, -0.05) is 32.4 Å². The van der Waals surface area contributed by atoms with E-state index in [2.05, 4.69) is 34.8 Å². The van der Waals surface area contributed by atoms with Gasteiger partial charge in [0.2, 0.25) is 5.95 Å². The molecule has 0 bridgehead atoms. The van der Waals surface area contributed by atoms with Gasteiger partial charge in [0, 0.05) is 18.5 Å². The van der Waals surface area contributed by atoms with Crippen molar-refractivity contribution in [1.82, 2.24) is 9.97 Å². The van der Waals surface area contributed by atoms with Crippen LogP contribution >= 0.6 is 0 Å². The van der Waals surface area contributed by atoms with E-state index in [-0.39, 0.29) is 0 Å². The van der Waals surface area contributed by atoms with Crippen molar-refractivity contribution in [3.05, 3.63) is 24.3 Å². The van der Waals surface area contributed by atoms with E-state index in [1.807, 2.05) is 18.2 Å². The third-order valence-electron chi connectivity index (χ3n) is 4.72. The molecule has 106 valence electrons. The second kappa shape index (κ2) is 4.93. The first-order valence-electron chi connectivity index (χ1n) is 7.38. The summed E-state index contributed by atoms with van der Waals surface area (Å²) in [6.45, 7) is 6.76. The summed E-state index contributed by atoms with van der Waals surface area (Å²) >= 11 is 0. The molecule has 1 saturated heterocycles. The largest absolute Gasteiger partial charge is 0.368 e. The Bertz CT molecular complexity index is 615. The van der Waals surface area contributed by atoms with Crippen molar-refractivity contribution in [2.24, 2.45) is 5.41 Å². The molecule has 0 atom stereocenters. The predicted octanol–water partition coefficient (Wildman–Crippen LogP) is 3.23. The fraction of sp³-hybridized carbons (Fsp3) is 0.500. The van der Waals surface area contributed by atoms with E-state index in [0.717, 1.165) is 29.8 Å². The number of hydrogen-bond donors (Lipinski definition) is 1. The van der Waals surface area contributed by atoms with E-state index >= 15 is 0 Å². The first-order chi connectivity index (χ1) is 9.61. The zero-order valence-electron chi connectivity index (χ0n) is 12.3. The first kappa shape index (κ1) is 13.2. The van der Waals surface area contributed by atoms with Gasteiger partial charge in [0.05, 0.1) is 5.52 Å². The van der Waals surface area contributed by atoms with E-state index in [4.69, 9.17) is 5.73 Å². The molecule has 0 radical (unpaired) electrons. The van der Waals surface area contributed by atoms with Crippen molar-refractivity contribution in [3.63, 3.8) is 0 Å². The van der Waals surface area contributed by atoms with Crippen LogP contribution in [0.3, 0.4) is 0 Å². The summed E-state index contributed by atoms with van der Waals surface area (Å²) in [6, 6.07) is 8.10. The van der Waals surface area contributed by atoms with Crippen LogP contribution in [-0.4, -0.2) is 23.1 Å². The van der Waals surface area contributed by atoms with Gasteiger partial charge in [-0.25, -0.2) is 4.98 Å². The number of rotatable bonds is 2. The van der Waals surface area contributed by atoms with Crippen molar-refractivity contribution in [2.75, 3.05) is 23.7 Å². The van der Waals surface area contributed by atoms with Gasteiger partial charge in [-0.3, -0.25) is 0 Å². The van der Waals surface area contributed by atoms with Gasteiger partial charge in [-0.15, -0.1) is 0 Å². The van der Waals surface area contributed by atoms with Crippen LogP contribution < -0.4 is 10.6 Å². The Balaban J connectivity index is 1.95. The van der Waals surface area contributed by atoms with Crippen LogP contribution in [0.1, 0.15) is 33.1 Å². The van der Waals surface area contributed by atoms with Gasteiger partial charge >= 0.3 is 0 Å². The Morgan fingerprint density at radius 1 is 1.20 bits per heavy atom. The molecule has 1 aliphatic rings. The number of aromatic nitrogens is 2. The average Bonchev–Trinajstić information content (AvgIpc) is 2.47. The third-order valence-corrected chi connectivity index (χ3v) is 4.72.